The van der Waals surface area contributed by atoms with Crippen LogP contribution >= 0.6 is 0 Å². The van der Waals surface area contributed by atoms with Crippen molar-refractivity contribution in [2.75, 3.05) is 23.4 Å². The average Bonchev–Trinajstić information content (AvgIpc) is 2.98. The van der Waals surface area contributed by atoms with Gasteiger partial charge in [0.05, 0.1) is 12.6 Å². The molecule has 2 aromatic rings. The van der Waals surface area contributed by atoms with Gasteiger partial charge in [-0.1, -0.05) is 0 Å². The molecule has 1 aliphatic rings. The lowest BCUT2D eigenvalue weighted by Gasteiger charge is -2.18. The Bertz CT molecular complexity index is 778. The molecule has 1 saturated heterocycles. The van der Waals surface area contributed by atoms with Gasteiger partial charge in [0.2, 0.25) is 5.91 Å². The van der Waals surface area contributed by atoms with Gasteiger partial charge in [-0.05, 0) is 55.5 Å². The van der Waals surface area contributed by atoms with Crippen LogP contribution in [0.1, 0.15) is 13.3 Å². The van der Waals surface area contributed by atoms with Crippen LogP contribution in [0.15, 0.2) is 48.5 Å². The van der Waals surface area contributed by atoms with Crippen LogP contribution in [-0.4, -0.2) is 31.1 Å². The quantitative estimate of drug-likeness (QED) is 0.864. The Morgan fingerprint density at radius 2 is 1.88 bits per heavy atom. The predicted molar refractivity (Wildman–Crippen MR) is 96.9 cm³/mol. The molecule has 0 radical (unpaired) electrons. The summed E-state index contributed by atoms with van der Waals surface area (Å²) in [5, 5.41) is 5.40. The normalized spacial score (nSPS) is 16.5. The van der Waals surface area contributed by atoms with Crippen LogP contribution in [0.2, 0.25) is 0 Å². The highest BCUT2D eigenvalue weighted by Gasteiger charge is 2.31. The lowest BCUT2D eigenvalue weighted by Crippen LogP contribution is -2.39. The Morgan fingerprint density at radius 3 is 2.54 bits per heavy atom. The third-order valence-corrected chi connectivity index (χ3v) is 4.02. The van der Waals surface area contributed by atoms with Crippen molar-refractivity contribution in [3.05, 3.63) is 54.3 Å². The average molecular weight is 357 g/mol. The molecule has 3 rings (SSSR count). The Balaban J connectivity index is 1.56. The van der Waals surface area contributed by atoms with Gasteiger partial charge >= 0.3 is 6.03 Å². The van der Waals surface area contributed by atoms with Gasteiger partial charge < -0.3 is 20.3 Å². The summed E-state index contributed by atoms with van der Waals surface area (Å²) < 4.78 is 18.3. The number of hydrogen-bond donors (Lipinski definition) is 2. The number of nitrogens with one attached hydrogen (secondary N) is 2. The van der Waals surface area contributed by atoms with Crippen molar-refractivity contribution in [1.82, 2.24) is 5.32 Å². The molecular weight excluding hydrogens is 337 g/mol. The van der Waals surface area contributed by atoms with E-state index in [1.165, 1.54) is 24.3 Å². The Labute approximate surface area is 150 Å². The van der Waals surface area contributed by atoms with Crippen LogP contribution in [0.25, 0.3) is 0 Å². The van der Waals surface area contributed by atoms with Gasteiger partial charge in [-0.3, -0.25) is 4.79 Å². The van der Waals surface area contributed by atoms with Crippen LogP contribution in [0.3, 0.4) is 0 Å². The number of urea groups is 1. The summed E-state index contributed by atoms with van der Waals surface area (Å²) in [6.45, 7) is 2.88. The monoisotopic (exact) mass is 357 g/mol. The minimum Gasteiger partial charge on any atom is -0.494 e. The van der Waals surface area contributed by atoms with Crippen LogP contribution in [0.5, 0.6) is 5.75 Å². The highest BCUT2D eigenvalue weighted by molar-refractivity contribution is 5.97. The number of amides is 3. The smallest absolute Gasteiger partial charge is 0.319 e. The third kappa shape index (κ3) is 4.30. The van der Waals surface area contributed by atoms with E-state index in [-0.39, 0.29) is 24.2 Å². The zero-order valence-electron chi connectivity index (χ0n) is 14.4. The van der Waals surface area contributed by atoms with Crippen LogP contribution in [0, 0.1) is 5.82 Å². The van der Waals surface area contributed by atoms with Crippen molar-refractivity contribution in [1.29, 1.82) is 0 Å². The molecule has 3 amide bonds. The molecule has 7 heteroatoms. The number of halogens is 1. The predicted octanol–water partition coefficient (Wildman–Crippen LogP) is 3.15. The molecule has 136 valence electrons. The van der Waals surface area contributed by atoms with E-state index < -0.39 is 6.03 Å². The van der Waals surface area contributed by atoms with Crippen molar-refractivity contribution in [3.63, 3.8) is 0 Å². The molecule has 26 heavy (non-hydrogen) atoms. The van der Waals surface area contributed by atoms with Gasteiger partial charge in [0.25, 0.3) is 0 Å². The number of anilines is 2. The molecular formula is C19H20FN3O3. The molecule has 0 bridgehead atoms. The van der Waals surface area contributed by atoms with Gasteiger partial charge in [-0.2, -0.15) is 0 Å². The van der Waals surface area contributed by atoms with Gasteiger partial charge in [-0.15, -0.1) is 0 Å². The molecule has 0 unspecified atom stereocenters. The van der Waals surface area contributed by atoms with Crippen LogP contribution in [0.4, 0.5) is 20.6 Å². The number of carbonyl (C=O) groups is 2. The molecule has 1 fully saturated rings. The van der Waals surface area contributed by atoms with E-state index in [0.29, 0.717) is 18.8 Å². The number of benzene rings is 2. The number of carbonyl (C=O) groups excluding carboxylic acids is 2. The van der Waals surface area contributed by atoms with Gasteiger partial charge in [-0.25, -0.2) is 9.18 Å². The molecule has 1 heterocycles. The fourth-order valence-corrected chi connectivity index (χ4v) is 2.83. The number of rotatable bonds is 5. The first kappa shape index (κ1) is 17.7. The Morgan fingerprint density at radius 1 is 1.19 bits per heavy atom. The summed E-state index contributed by atoms with van der Waals surface area (Å²) in [6, 6.07) is 12.0. The van der Waals surface area contributed by atoms with E-state index in [1.807, 2.05) is 31.2 Å². The van der Waals surface area contributed by atoms with E-state index >= 15 is 0 Å². The van der Waals surface area contributed by atoms with E-state index in [1.54, 1.807) is 4.90 Å². The molecule has 2 N–H and O–H groups in total. The first-order valence-corrected chi connectivity index (χ1v) is 8.41. The molecule has 6 nitrogen and oxygen atoms in total. The maximum atomic E-state index is 12.9. The van der Waals surface area contributed by atoms with E-state index in [4.69, 9.17) is 4.74 Å². The van der Waals surface area contributed by atoms with E-state index in [2.05, 4.69) is 10.6 Å². The minimum atomic E-state index is -0.428. The zero-order valence-corrected chi connectivity index (χ0v) is 14.4. The maximum Gasteiger partial charge on any atom is 0.319 e. The second-order valence-corrected chi connectivity index (χ2v) is 5.94. The number of hydrogen-bond acceptors (Lipinski definition) is 3. The second-order valence-electron chi connectivity index (χ2n) is 5.94. The first-order valence-electron chi connectivity index (χ1n) is 8.41. The fourth-order valence-electron chi connectivity index (χ4n) is 2.83. The van der Waals surface area contributed by atoms with E-state index in [0.717, 1.165) is 11.4 Å². The SMILES string of the molecule is CCOc1ccc(N2C[C@@H](NC(=O)Nc3ccc(F)cc3)CC2=O)cc1. The number of nitrogens with zero attached hydrogens (tertiary/aromatic N) is 1. The van der Waals surface area contributed by atoms with Crippen molar-refractivity contribution in [2.45, 2.75) is 19.4 Å². The molecule has 0 aliphatic carbocycles. The molecule has 0 spiro atoms. The van der Waals surface area contributed by atoms with Crippen molar-refractivity contribution >= 4 is 23.3 Å². The molecule has 1 atom stereocenters. The fraction of sp³-hybridized carbons (Fsp3) is 0.263. The molecule has 2 aromatic carbocycles. The Hall–Kier alpha value is -3.09. The first-order chi connectivity index (χ1) is 12.5. The van der Waals surface area contributed by atoms with Gasteiger partial charge in [0.15, 0.2) is 0 Å². The largest absolute Gasteiger partial charge is 0.494 e. The van der Waals surface area contributed by atoms with Crippen LogP contribution < -0.4 is 20.3 Å². The summed E-state index contributed by atoms with van der Waals surface area (Å²) >= 11 is 0. The second kappa shape index (κ2) is 7.86. The lowest BCUT2D eigenvalue weighted by molar-refractivity contribution is -0.117. The lowest BCUT2D eigenvalue weighted by atomic mass is 10.2. The molecule has 0 aromatic heterocycles. The van der Waals surface area contributed by atoms with E-state index in [9.17, 15) is 14.0 Å². The molecule has 0 saturated carbocycles. The van der Waals surface area contributed by atoms with Crippen molar-refractivity contribution in [3.8, 4) is 5.75 Å². The Kier molecular flexibility index (Phi) is 5.36. The number of ether oxygens (including phenoxy) is 1. The topological polar surface area (TPSA) is 70.7 Å². The highest BCUT2D eigenvalue weighted by atomic mass is 19.1. The van der Waals surface area contributed by atoms with Gasteiger partial charge in [0.1, 0.15) is 11.6 Å². The summed E-state index contributed by atoms with van der Waals surface area (Å²) in [6.07, 6.45) is 0.226. The van der Waals surface area contributed by atoms with Crippen LogP contribution in [-0.2, 0) is 4.79 Å². The van der Waals surface area contributed by atoms with Crippen molar-refractivity contribution < 1.29 is 18.7 Å². The summed E-state index contributed by atoms with van der Waals surface area (Å²) in [5.74, 6) is 0.320. The minimum absolute atomic E-state index is 0.0544. The summed E-state index contributed by atoms with van der Waals surface area (Å²) in [5.41, 5.74) is 1.25. The molecule has 1 aliphatic heterocycles. The highest BCUT2D eigenvalue weighted by Crippen LogP contribution is 2.24. The maximum absolute atomic E-state index is 12.9. The zero-order chi connectivity index (χ0) is 18.5. The third-order valence-electron chi connectivity index (χ3n) is 4.02. The summed E-state index contributed by atoms with van der Waals surface area (Å²) in [4.78, 5) is 25.9. The van der Waals surface area contributed by atoms with Crippen molar-refractivity contribution in [2.24, 2.45) is 0 Å². The standard InChI is InChI=1S/C19H20FN3O3/c1-2-26-17-9-7-16(8-10-17)23-12-15(11-18(23)24)22-19(25)21-14-5-3-13(20)4-6-14/h3-10,15H,2,11-12H2,1H3,(H2,21,22,25)/t15-/m0/s1. The summed E-state index contributed by atoms with van der Waals surface area (Å²) in [7, 11) is 0. The van der Waals surface area contributed by atoms with Gasteiger partial charge in [0, 0.05) is 24.3 Å².